The molecular formula is C20H29N3O2. The van der Waals surface area contributed by atoms with Gasteiger partial charge in [0.1, 0.15) is 0 Å². The van der Waals surface area contributed by atoms with Gasteiger partial charge in [0.05, 0.1) is 5.92 Å². The van der Waals surface area contributed by atoms with Crippen LogP contribution >= 0.6 is 0 Å². The Morgan fingerprint density at radius 1 is 1.00 bits per heavy atom. The van der Waals surface area contributed by atoms with E-state index in [0.717, 1.165) is 45.2 Å². The number of nitrogens with two attached hydrogens (primary N) is 1. The van der Waals surface area contributed by atoms with E-state index in [2.05, 4.69) is 30.3 Å². The lowest BCUT2D eigenvalue weighted by atomic mass is 9.89. The molecule has 2 saturated heterocycles. The third-order valence-electron chi connectivity index (χ3n) is 5.69. The molecule has 1 aromatic carbocycles. The van der Waals surface area contributed by atoms with Crippen molar-refractivity contribution in [3.05, 3.63) is 35.9 Å². The van der Waals surface area contributed by atoms with Crippen LogP contribution in [0.1, 0.15) is 37.7 Å². The molecule has 0 radical (unpaired) electrons. The van der Waals surface area contributed by atoms with Gasteiger partial charge in [-0.1, -0.05) is 30.3 Å². The molecule has 2 fully saturated rings. The van der Waals surface area contributed by atoms with E-state index in [1.807, 2.05) is 4.90 Å². The molecule has 5 nitrogen and oxygen atoms in total. The second-order valence-electron chi connectivity index (χ2n) is 7.42. The summed E-state index contributed by atoms with van der Waals surface area (Å²) in [5, 5.41) is 0. The summed E-state index contributed by atoms with van der Waals surface area (Å²) >= 11 is 0. The fourth-order valence-electron chi connectivity index (χ4n) is 4.09. The van der Waals surface area contributed by atoms with Crippen molar-refractivity contribution in [3.63, 3.8) is 0 Å². The molecule has 0 saturated carbocycles. The number of primary amides is 1. The quantitative estimate of drug-likeness (QED) is 0.913. The Labute approximate surface area is 150 Å². The van der Waals surface area contributed by atoms with Crippen molar-refractivity contribution < 1.29 is 9.59 Å². The van der Waals surface area contributed by atoms with E-state index in [1.165, 1.54) is 12.0 Å². The molecule has 5 heteroatoms. The fraction of sp³-hybridized carbons (Fsp3) is 0.600. The van der Waals surface area contributed by atoms with Gasteiger partial charge in [0.25, 0.3) is 0 Å². The summed E-state index contributed by atoms with van der Waals surface area (Å²) in [7, 11) is 0. The maximum atomic E-state index is 12.8. The highest BCUT2D eigenvalue weighted by Crippen LogP contribution is 2.25. The Hall–Kier alpha value is -2.04. The SMILES string of the molecule is NC(=O)N1CCC[C@@H](C(=O)N2CCC(CCc3ccccc3)CC2)C1. The van der Waals surface area contributed by atoms with Crippen LogP contribution in [0.4, 0.5) is 4.79 Å². The molecule has 0 unspecified atom stereocenters. The largest absolute Gasteiger partial charge is 0.351 e. The number of hydrogen-bond donors (Lipinski definition) is 1. The van der Waals surface area contributed by atoms with Crippen LogP contribution < -0.4 is 5.73 Å². The lowest BCUT2D eigenvalue weighted by Gasteiger charge is -2.37. The summed E-state index contributed by atoms with van der Waals surface area (Å²) in [6.45, 7) is 2.87. The van der Waals surface area contributed by atoms with Crippen LogP contribution in [0.2, 0.25) is 0 Å². The summed E-state index contributed by atoms with van der Waals surface area (Å²) < 4.78 is 0. The van der Waals surface area contributed by atoms with Gasteiger partial charge in [0, 0.05) is 26.2 Å². The van der Waals surface area contributed by atoms with Gasteiger partial charge in [-0.05, 0) is 50.0 Å². The van der Waals surface area contributed by atoms with Crippen molar-refractivity contribution >= 4 is 11.9 Å². The molecule has 0 bridgehead atoms. The molecule has 2 aliphatic rings. The normalized spacial score (nSPS) is 22.0. The summed E-state index contributed by atoms with van der Waals surface area (Å²) in [4.78, 5) is 27.7. The summed E-state index contributed by atoms with van der Waals surface area (Å²) in [6.07, 6.45) is 6.24. The van der Waals surface area contributed by atoms with Gasteiger partial charge < -0.3 is 15.5 Å². The zero-order chi connectivity index (χ0) is 17.6. The molecule has 0 spiro atoms. The van der Waals surface area contributed by atoms with Crippen molar-refractivity contribution in [3.8, 4) is 0 Å². The Morgan fingerprint density at radius 2 is 1.72 bits per heavy atom. The van der Waals surface area contributed by atoms with Crippen LogP contribution in [-0.4, -0.2) is 47.9 Å². The maximum Gasteiger partial charge on any atom is 0.314 e. The van der Waals surface area contributed by atoms with Crippen LogP contribution in [0.5, 0.6) is 0 Å². The molecule has 2 aliphatic heterocycles. The van der Waals surface area contributed by atoms with E-state index in [9.17, 15) is 9.59 Å². The van der Waals surface area contributed by atoms with Crippen molar-refractivity contribution in [2.75, 3.05) is 26.2 Å². The van der Waals surface area contributed by atoms with E-state index in [0.29, 0.717) is 19.0 Å². The maximum absolute atomic E-state index is 12.8. The first-order valence-electron chi connectivity index (χ1n) is 9.50. The molecule has 3 rings (SSSR count). The molecule has 1 aromatic rings. The molecule has 3 amide bonds. The number of aryl methyl sites for hydroxylation is 1. The predicted molar refractivity (Wildman–Crippen MR) is 97.9 cm³/mol. The summed E-state index contributed by atoms with van der Waals surface area (Å²) in [6, 6.07) is 10.2. The number of carbonyl (C=O) groups is 2. The van der Waals surface area contributed by atoms with Gasteiger partial charge in [0.2, 0.25) is 5.91 Å². The number of benzene rings is 1. The minimum absolute atomic E-state index is 0.0675. The third-order valence-corrected chi connectivity index (χ3v) is 5.69. The second kappa shape index (κ2) is 8.37. The van der Waals surface area contributed by atoms with Gasteiger partial charge in [-0.3, -0.25) is 4.79 Å². The number of carbonyl (C=O) groups excluding carboxylic acids is 2. The van der Waals surface area contributed by atoms with E-state index in [1.54, 1.807) is 4.90 Å². The van der Waals surface area contributed by atoms with Gasteiger partial charge in [-0.2, -0.15) is 0 Å². The van der Waals surface area contributed by atoms with E-state index in [-0.39, 0.29) is 11.8 Å². The zero-order valence-electron chi connectivity index (χ0n) is 14.9. The minimum Gasteiger partial charge on any atom is -0.351 e. The first-order chi connectivity index (χ1) is 12.1. The first kappa shape index (κ1) is 17.8. The highest BCUT2D eigenvalue weighted by Gasteiger charge is 2.32. The summed E-state index contributed by atoms with van der Waals surface area (Å²) in [5.74, 6) is 0.854. The number of hydrogen-bond acceptors (Lipinski definition) is 2. The highest BCUT2D eigenvalue weighted by molar-refractivity contribution is 5.80. The lowest BCUT2D eigenvalue weighted by Crippen LogP contribution is -2.49. The van der Waals surface area contributed by atoms with Gasteiger partial charge >= 0.3 is 6.03 Å². The Balaban J connectivity index is 1.43. The van der Waals surface area contributed by atoms with Gasteiger partial charge in [0.15, 0.2) is 0 Å². The third kappa shape index (κ3) is 4.74. The zero-order valence-corrected chi connectivity index (χ0v) is 14.9. The topological polar surface area (TPSA) is 66.6 Å². The molecule has 1 atom stereocenters. The van der Waals surface area contributed by atoms with Crippen molar-refractivity contribution in [1.29, 1.82) is 0 Å². The molecule has 2 N–H and O–H groups in total. The molecular weight excluding hydrogens is 314 g/mol. The average molecular weight is 343 g/mol. The van der Waals surface area contributed by atoms with Gasteiger partial charge in [-0.25, -0.2) is 4.79 Å². The lowest BCUT2D eigenvalue weighted by molar-refractivity contribution is -0.138. The predicted octanol–water partition coefficient (Wildman–Crippen LogP) is 2.65. The van der Waals surface area contributed by atoms with Crippen molar-refractivity contribution in [2.45, 2.75) is 38.5 Å². The fourth-order valence-corrected chi connectivity index (χ4v) is 4.09. The second-order valence-corrected chi connectivity index (χ2v) is 7.42. The standard InChI is InChI=1S/C20H29N3O2/c21-20(25)23-12-4-7-18(15-23)19(24)22-13-10-17(11-14-22)9-8-16-5-2-1-3-6-16/h1-3,5-6,17-18H,4,7-15H2,(H2,21,25)/t18-/m1/s1. The van der Waals surface area contributed by atoms with Crippen LogP contribution in [0, 0.1) is 11.8 Å². The number of urea groups is 1. The van der Waals surface area contributed by atoms with Gasteiger partial charge in [-0.15, -0.1) is 0 Å². The minimum atomic E-state index is -0.405. The Bertz CT molecular complexity index is 582. The average Bonchev–Trinajstić information content (AvgIpc) is 2.67. The summed E-state index contributed by atoms with van der Waals surface area (Å²) in [5.41, 5.74) is 6.77. The van der Waals surface area contributed by atoms with Crippen molar-refractivity contribution in [1.82, 2.24) is 9.80 Å². The highest BCUT2D eigenvalue weighted by atomic mass is 16.2. The van der Waals surface area contributed by atoms with Crippen LogP contribution in [0.15, 0.2) is 30.3 Å². The Morgan fingerprint density at radius 3 is 2.40 bits per heavy atom. The number of amides is 3. The first-order valence-corrected chi connectivity index (χ1v) is 9.50. The van der Waals surface area contributed by atoms with E-state index < -0.39 is 6.03 Å². The molecule has 0 aliphatic carbocycles. The molecule has 136 valence electrons. The van der Waals surface area contributed by atoms with Crippen LogP contribution in [0.25, 0.3) is 0 Å². The van der Waals surface area contributed by atoms with Crippen molar-refractivity contribution in [2.24, 2.45) is 17.6 Å². The monoisotopic (exact) mass is 343 g/mol. The number of rotatable bonds is 4. The number of likely N-dealkylation sites (tertiary alicyclic amines) is 2. The van der Waals surface area contributed by atoms with Crippen LogP contribution in [-0.2, 0) is 11.2 Å². The molecule has 0 aromatic heterocycles. The molecule has 2 heterocycles. The number of nitrogens with zero attached hydrogens (tertiary/aromatic N) is 2. The smallest absolute Gasteiger partial charge is 0.314 e. The van der Waals surface area contributed by atoms with Crippen LogP contribution in [0.3, 0.4) is 0 Å². The molecule has 25 heavy (non-hydrogen) atoms. The van der Waals surface area contributed by atoms with E-state index >= 15 is 0 Å². The number of piperidine rings is 2. The Kier molecular flexibility index (Phi) is 5.95. The van der Waals surface area contributed by atoms with E-state index in [4.69, 9.17) is 5.73 Å².